The van der Waals surface area contributed by atoms with Crippen LogP contribution in [0.1, 0.15) is 0 Å². The molecule has 0 radical (unpaired) electrons. The van der Waals surface area contributed by atoms with Crippen LogP contribution in [-0.2, 0) is 9.32 Å². The zero-order chi connectivity index (χ0) is 8.55. The molecule has 5 heteroatoms. The van der Waals surface area contributed by atoms with Crippen LogP contribution in [0.2, 0.25) is 0 Å². The van der Waals surface area contributed by atoms with Crippen LogP contribution in [0.15, 0.2) is 28.6 Å². The van der Waals surface area contributed by atoms with E-state index in [9.17, 15) is 0 Å². The number of nitrogens with zero attached hydrogens (tertiary/aromatic N) is 1. The fourth-order valence-electron chi connectivity index (χ4n) is 0.931. The number of hydrogen-bond acceptors (Lipinski definition) is 2. The summed E-state index contributed by atoms with van der Waals surface area (Å²) in [5.74, 6) is 0. The monoisotopic (exact) mass is 236 g/mol. The van der Waals surface area contributed by atoms with Crippen molar-refractivity contribution in [1.29, 1.82) is 0 Å². The van der Waals surface area contributed by atoms with Crippen LogP contribution in [0.4, 0.5) is 0 Å². The smallest absolute Gasteiger partial charge is 0.245 e. The SMILES string of the molecule is Cl[S+](Cl)c1ccc2ncsc2c1. The Balaban J connectivity index is 2.60. The summed E-state index contributed by atoms with van der Waals surface area (Å²) in [6.45, 7) is 0. The highest BCUT2D eigenvalue weighted by atomic mass is 36.0. The van der Waals surface area contributed by atoms with E-state index >= 15 is 0 Å². The van der Waals surface area contributed by atoms with Gasteiger partial charge in [0.15, 0.2) is 4.90 Å². The first-order chi connectivity index (χ1) is 5.77. The maximum Gasteiger partial charge on any atom is 0.253 e. The molecule has 0 saturated heterocycles. The lowest BCUT2D eigenvalue weighted by Crippen LogP contribution is -1.80. The molecule has 0 aliphatic carbocycles. The Morgan fingerprint density at radius 1 is 1.33 bits per heavy atom. The second kappa shape index (κ2) is 3.42. The Morgan fingerprint density at radius 3 is 2.92 bits per heavy atom. The Hall–Kier alpha value is 0.0400. The van der Waals surface area contributed by atoms with Gasteiger partial charge in [-0.1, -0.05) is 0 Å². The third kappa shape index (κ3) is 1.55. The highest BCUT2D eigenvalue weighted by molar-refractivity contribution is 8.35. The molecular weight excluding hydrogens is 233 g/mol. The van der Waals surface area contributed by atoms with E-state index in [2.05, 4.69) is 4.98 Å². The minimum absolute atomic E-state index is 0.696. The first kappa shape index (κ1) is 8.63. The van der Waals surface area contributed by atoms with E-state index in [1.807, 2.05) is 23.7 Å². The van der Waals surface area contributed by atoms with Gasteiger partial charge in [0.2, 0.25) is 21.4 Å². The van der Waals surface area contributed by atoms with Gasteiger partial charge in [0.1, 0.15) is 0 Å². The maximum atomic E-state index is 5.75. The number of aromatic nitrogens is 1. The molecule has 1 heterocycles. The molecule has 0 fully saturated rings. The van der Waals surface area contributed by atoms with E-state index in [1.54, 1.807) is 11.3 Å². The van der Waals surface area contributed by atoms with E-state index < -0.39 is 9.32 Å². The van der Waals surface area contributed by atoms with Gasteiger partial charge in [-0.05, 0) is 12.1 Å². The van der Waals surface area contributed by atoms with Gasteiger partial charge < -0.3 is 0 Å². The molecule has 0 N–H and O–H groups in total. The molecule has 1 nitrogen and oxygen atoms in total. The Kier molecular flexibility index (Phi) is 2.46. The minimum atomic E-state index is -0.696. The number of fused-ring (bicyclic) bond motifs is 1. The molecule has 2 aromatic rings. The molecule has 0 unspecified atom stereocenters. The Bertz CT molecular complexity index is 399. The van der Waals surface area contributed by atoms with E-state index in [1.165, 1.54) is 0 Å². The topological polar surface area (TPSA) is 12.9 Å². The van der Waals surface area contributed by atoms with Crippen molar-refractivity contribution in [1.82, 2.24) is 4.98 Å². The number of hydrogen-bond donors (Lipinski definition) is 0. The van der Waals surface area contributed by atoms with Gasteiger partial charge in [0, 0.05) is 6.07 Å². The van der Waals surface area contributed by atoms with Crippen LogP contribution in [-0.4, -0.2) is 4.98 Å². The van der Waals surface area contributed by atoms with Crippen LogP contribution in [0.3, 0.4) is 0 Å². The Labute approximate surface area is 85.7 Å². The van der Waals surface area contributed by atoms with Crippen LogP contribution < -0.4 is 0 Å². The summed E-state index contributed by atoms with van der Waals surface area (Å²) in [5, 5.41) is 0. The maximum absolute atomic E-state index is 5.75. The third-order valence-electron chi connectivity index (χ3n) is 1.48. The van der Waals surface area contributed by atoms with Gasteiger partial charge in [-0.15, -0.1) is 11.3 Å². The first-order valence-electron chi connectivity index (χ1n) is 3.17. The normalized spacial score (nSPS) is 11.2. The van der Waals surface area contributed by atoms with Crippen molar-refractivity contribution in [3.8, 4) is 0 Å². The van der Waals surface area contributed by atoms with Crippen LogP contribution in [0, 0.1) is 0 Å². The van der Waals surface area contributed by atoms with Crippen molar-refractivity contribution in [2.75, 3.05) is 0 Å². The lowest BCUT2D eigenvalue weighted by Gasteiger charge is -1.88. The van der Waals surface area contributed by atoms with Crippen LogP contribution >= 0.6 is 32.7 Å². The molecular formula is C7H4Cl2NS2+. The molecule has 0 atom stereocenters. The lowest BCUT2D eigenvalue weighted by molar-refractivity contribution is 1.46. The number of thiazole rings is 1. The highest BCUT2D eigenvalue weighted by Crippen LogP contribution is 2.27. The molecule has 0 spiro atoms. The fraction of sp³-hybridized carbons (Fsp3) is 0. The van der Waals surface area contributed by atoms with E-state index in [0.29, 0.717) is 0 Å². The number of rotatable bonds is 1. The summed E-state index contributed by atoms with van der Waals surface area (Å²) < 4.78 is 1.13. The summed E-state index contributed by atoms with van der Waals surface area (Å²) in [7, 11) is 10.8. The minimum Gasteiger partial charge on any atom is -0.245 e. The van der Waals surface area contributed by atoms with Gasteiger partial charge in [-0.3, -0.25) is 0 Å². The van der Waals surface area contributed by atoms with Crippen molar-refractivity contribution < 1.29 is 0 Å². The molecule has 0 bridgehead atoms. The van der Waals surface area contributed by atoms with Gasteiger partial charge in [0.25, 0.3) is 9.32 Å². The van der Waals surface area contributed by atoms with E-state index in [0.717, 1.165) is 15.1 Å². The van der Waals surface area contributed by atoms with Crippen molar-refractivity contribution >= 4 is 52.2 Å². The predicted octanol–water partition coefficient (Wildman–Crippen LogP) is 3.58. The number of halogens is 2. The van der Waals surface area contributed by atoms with E-state index in [4.69, 9.17) is 21.4 Å². The van der Waals surface area contributed by atoms with Gasteiger partial charge in [0.05, 0.1) is 15.7 Å². The van der Waals surface area contributed by atoms with Crippen molar-refractivity contribution in [2.24, 2.45) is 0 Å². The van der Waals surface area contributed by atoms with Gasteiger partial charge in [-0.25, -0.2) is 4.98 Å². The summed E-state index contributed by atoms with van der Waals surface area (Å²) in [6, 6.07) is 5.83. The number of benzene rings is 1. The second-order valence-corrected chi connectivity index (χ2v) is 6.30. The average molecular weight is 237 g/mol. The quantitative estimate of drug-likeness (QED) is 0.691. The zero-order valence-electron chi connectivity index (χ0n) is 5.83. The highest BCUT2D eigenvalue weighted by Gasteiger charge is 2.17. The predicted molar refractivity (Wildman–Crippen MR) is 57.0 cm³/mol. The van der Waals surface area contributed by atoms with Crippen molar-refractivity contribution in [3.05, 3.63) is 23.7 Å². The molecule has 0 amide bonds. The van der Waals surface area contributed by atoms with Crippen LogP contribution in [0.25, 0.3) is 10.2 Å². The molecule has 0 saturated carbocycles. The molecule has 62 valence electrons. The summed E-state index contributed by atoms with van der Waals surface area (Å²) in [4.78, 5) is 5.11. The van der Waals surface area contributed by atoms with Crippen molar-refractivity contribution in [2.45, 2.75) is 4.90 Å². The zero-order valence-corrected chi connectivity index (χ0v) is 8.97. The molecule has 1 aromatic heterocycles. The third-order valence-corrected chi connectivity index (χ3v) is 3.95. The van der Waals surface area contributed by atoms with Gasteiger partial charge >= 0.3 is 0 Å². The van der Waals surface area contributed by atoms with E-state index in [-0.39, 0.29) is 0 Å². The fourth-order valence-corrected chi connectivity index (χ4v) is 2.68. The Morgan fingerprint density at radius 2 is 2.17 bits per heavy atom. The summed E-state index contributed by atoms with van der Waals surface area (Å²) in [6.07, 6.45) is 0. The lowest BCUT2D eigenvalue weighted by atomic mass is 10.3. The molecule has 12 heavy (non-hydrogen) atoms. The standard InChI is InChI=1S/C7H4Cl2NS2/c8-12(9)5-1-2-6-7(3-5)11-4-10-6/h1-4H/q+1. The summed E-state index contributed by atoms with van der Waals surface area (Å²) >= 11 is 1.59. The molecule has 0 aliphatic heterocycles. The van der Waals surface area contributed by atoms with Gasteiger partial charge in [-0.2, -0.15) is 0 Å². The second-order valence-electron chi connectivity index (χ2n) is 2.19. The van der Waals surface area contributed by atoms with Crippen LogP contribution in [0.5, 0.6) is 0 Å². The molecule has 1 aromatic carbocycles. The first-order valence-corrected chi connectivity index (χ1v) is 6.93. The average Bonchev–Trinajstić information content (AvgIpc) is 2.49. The largest absolute Gasteiger partial charge is 0.253 e. The summed E-state index contributed by atoms with van der Waals surface area (Å²) in [5.41, 5.74) is 2.82. The molecule has 0 aliphatic rings. The van der Waals surface area contributed by atoms with Crippen molar-refractivity contribution in [3.63, 3.8) is 0 Å². The molecule has 2 rings (SSSR count).